The summed E-state index contributed by atoms with van der Waals surface area (Å²) in [5, 5.41) is 12.3. The van der Waals surface area contributed by atoms with Crippen LogP contribution in [-0.2, 0) is 22.3 Å². The highest BCUT2D eigenvalue weighted by atomic mass is 32.1. The summed E-state index contributed by atoms with van der Waals surface area (Å²) in [6.45, 7) is 0.369. The maximum absolute atomic E-state index is 13.4. The predicted molar refractivity (Wildman–Crippen MR) is 140 cm³/mol. The molecule has 1 fully saturated rings. The minimum Gasteiger partial charge on any atom is -0.342 e. The zero-order valence-electron chi connectivity index (χ0n) is 19.5. The van der Waals surface area contributed by atoms with Gasteiger partial charge in [0.2, 0.25) is 0 Å². The van der Waals surface area contributed by atoms with Crippen LogP contribution in [0.3, 0.4) is 0 Å². The smallest absolute Gasteiger partial charge is 0.342 e. The molecule has 1 N–H and O–H groups in total. The fourth-order valence-electron chi connectivity index (χ4n) is 4.34. The van der Waals surface area contributed by atoms with E-state index >= 15 is 0 Å². The van der Waals surface area contributed by atoms with E-state index in [-0.39, 0.29) is 16.4 Å². The Morgan fingerprint density at radius 2 is 1.74 bits per heavy atom. The molecule has 6 nitrogen and oxygen atoms in total. The van der Waals surface area contributed by atoms with Crippen molar-refractivity contribution < 1.29 is 22.8 Å². The maximum atomic E-state index is 13.4. The highest BCUT2D eigenvalue weighted by molar-refractivity contribution is 7.80. The van der Waals surface area contributed by atoms with Crippen molar-refractivity contribution in [3.05, 3.63) is 107 Å². The first kappa shape index (κ1) is 24.9. The first-order valence-corrected chi connectivity index (χ1v) is 11.7. The Hall–Kier alpha value is -4.75. The van der Waals surface area contributed by atoms with Gasteiger partial charge in [0.05, 0.1) is 22.9 Å². The molecule has 38 heavy (non-hydrogen) atoms. The molecule has 2 heterocycles. The number of nitriles is 1. The molecule has 5 rings (SSSR count). The number of hydrogen-bond donors (Lipinski definition) is 1. The van der Waals surface area contributed by atoms with Gasteiger partial charge in [-0.15, -0.1) is 0 Å². The van der Waals surface area contributed by atoms with Gasteiger partial charge in [-0.1, -0.05) is 42.5 Å². The maximum Gasteiger partial charge on any atom is 0.416 e. The Balaban J connectivity index is 1.57. The first-order valence-electron chi connectivity index (χ1n) is 11.3. The van der Waals surface area contributed by atoms with Crippen molar-refractivity contribution in [2.45, 2.75) is 12.7 Å². The van der Waals surface area contributed by atoms with E-state index < -0.39 is 23.6 Å². The monoisotopic (exact) mass is 530 g/mol. The third-order valence-electron chi connectivity index (χ3n) is 6.13. The van der Waals surface area contributed by atoms with Crippen LogP contribution in [0.1, 0.15) is 22.3 Å². The molecule has 0 unspecified atom stereocenters. The van der Waals surface area contributed by atoms with E-state index in [1.807, 2.05) is 41.0 Å². The van der Waals surface area contributed by atoms with Crippen LogP contribution in [0, 0.1) is 11.3 Å². The van der Waals surface area contributed by atoms with E-state index in [0.29, 0.717) is 17.7 Å². The lowest BCUT2D eigenvalue weighted by Gasteiger charge is -2.29. The molecule has 1 saturated heterocycles. The summed E-state index contributed by atoms with van der Waals surface area (Å²) in [5.74, 6) is -1.60. The number of alkyl halides is 3. The number of nitrogens with one attached hydrogen (secondary N) is 1. The standard InChI is InChI=1S/C28H17F3N4O2S/c29-28(30,31)20-8-5-9-21(13-20)35-26(37)23(25(36)33-27(35)38)12-19-16-34(24-11-4-3-10-22(19)24)15-18-7-2-1-6-17(18)14-32/h1-13,16H,15H2,(H,33,36,38)/b23-12+. The molecule has 1 aliphatic rings. The highest BCUT2D eigenvalue weighted by Gasteiger charge is 2.36. The molecule has 4 aromatic rings. The number of aromatic nitrogens is 1. The molecule has 1 aliphatic heterocycles. The van der Waals surface area contributed by atoms with E-state index in [1.165, 1.54) is 18.2 Å². The Kier molecular flexibility index (Phi) is 6.30. The second kappa shape index (κ2) is 9.61. The average Bonchev–Trinajstić information content (AvgIpc) is 3.23. The van der Waals surface area contributed by atoms with Crippen LogP contribution in [-0.4, -0.2) is 21.5 Å². The number of halogens is 3. The van der Waals surface area contributed by atoms with Crippen molar-refractivity contribution >= 4 is 51.8 Å². The van der Waals surface area contributed by atoms with Crippen molar-refractivity contribution in [3.63, 3.8) is 0 Å². The van der Waals surface area contributed by atoms with E-state index in [1.54, 1.807) is 18.3 Å². The van der Waals surface area contributed by atoms with Gasteiger partial charge >= 0.3 is 6.18 Å². The number of thiocarbonyl (C=S) groups is 1. The largest absolute Gasteiger partial charge is 0.416 e. The molecule has 0 radical (unpaired) electrons. The number of anilines is 1. The van der Waals surface area contributed by atoms with Crippen molar-refractivity contribution in [3.8, 4) is 6.07 Å². The molecule has 0 bridgehead atoms. The minimum atomic E-state index is -4.62. The number of amides is 2. The number of carbonyl (C=O) groups excluding carboxylic acids is 2. The lowest BCUT2D eigenvalue weighted by atomic mass is 10.1. The van der Waals surface area contributed by atoms with Crippen LogP contribution in [0.15, 0.2) is 84.6 Å². The van der Waals surface area contributed by atoms with Gasteiger partial charge in [0.15, 0.2) is 5.11 Å². The van der Waals surface area contributed by atoms with Gasteiger partial charge in [-0.2, -0.15) is 18.4 Å². The van der Waals surface area contributed by atoms with Crippen LogP contribution in [0.4, 0.5) is 18.9 Å². The highest BCUT2D eigenvalue weighted by Crippen LogP contribution is 2.33. The summed E-state index contributed by atoms with van der Waals surface area (Å²) in [4.78, 5) is 27.1. The van der Waals surface area contributed by atoms with Gasteiger partial charge in [-0.05, 0) is 54.2 Å². The van der Waals surface area contributed by atoms with Crippen LogP contribution >= 0.6 is 12.2 Å². The molecule has 10 heteroatoms. The number of para-hydroxylation sites is 1. The molecule has 0 aliphatic carbocycles. The Morgan fingerprint density at radius 1 is 1.00 bits per heavy atom. The summed E-state index contributed by atoms with van der Waals surface area (Å²) < 4.78 is 41.7. The number of benzene rings is 3. The topological polar surface area (TPSA) is 78.1 Å². The van der Waals surface area contributed by atoms with Gasteiger partial charge < -0.3 is 4.57 Å². The fourth-order valence-corrected chi connectivity index (χ4v) is 4.62. The second-order valence-corrected chi connectivity index (χ2v) is 8.89. The van der Waals surface area contributed by atoms with Gasteiger partial charge in [0, 0.05) is 29.2 Å². The summed E-state index contributed by atoms with van der Waals surface area (Å²) >= 11 is 5.13. The third-order valence-corrected chi connectivity index (χ3v) is 6.42. The number of hydrogen-bond acceptors (Lipinski definition) is 4. The minimum absolute atomic E-state index is 0.115. The first-order chi connectivity index (χ1) is 18.2. The SMILES string of the molecule is N#Cc1ccccc1Cn1cc(/C=C2\C(=O)NC(=S)N(c3cccc(C(F)(F)F)c3)C2=O)c2ccccc21. The van der Waals surface area contributed by atoms with Gasteiger partial charge in [0.1, 0.15) is 5.57 Å². The summed E-state index contributed by atoms with van der Waals surface area (Å²) in [5.41, 5.74) is 1.33. The Bertz CT molecular complexity index is 1700. The summed E-state index contributed by atoms with van der Waals surface area (Å²) in [6.07, 6.45) is -1.46. The molecule has 188 valence electrons. The molecule has 0 atom stereocenters. The molecule has 2 amide bonds. The quantitative estimate of drug-likeness (QED) is 0.217. The number of fused-ring (bicyclic) bond motifs is 1. The molecule has 3 aromatic carbocycles. The van der Waals surface area contributed by atoms with E-state index in [4.69, 9.17) is 12.2 Å². The van der Waals surface area contributed by atoms with Crippen molar-refractivity contribution in [2.75, 3.05) is 4.90 Å². The molecule has 0 spiro atoms. The lowest BCUT2D eigenvalue weighted by Crippen LogP contribution is -2.54. The molecule has 1 aromatic heterocycles. The van der Waals surface area contributed by atoms with Gasteiger partial charge in [-0.3, -0.25) is 19.8 Å². The van der Waals surface area contributed by atoms with Gasteiger partial charge in [-0.25, -0.2) is 0 Å². The van der Waals surface area contributed by atoms with E-state index in [9.17, 15) is 28.0 Å². The number of carbonyl (C=O) groups is 2. The van der Waals surface area contributed by atoms with Gasteiger partial charge in [0.25, 0.3) is 11.8 Å². The third kappa shape index (κ3) is 4.55. The van der Waals surface area contributed by atoms with Crippen molar-refractivity contribution in [1.82, 2.24) is 9.88 Å². The van der Waals surface area contributed by atoms with Crippen LogP contribution < -0.4 is 10.2 Å². The zero-order chi connectivity index (χ0) is 27.0. The van der Waals surface area contributed by atoms with E-state index in [2.05, 4.69) is 11.4 Å². The number of nitrogens with zero attached hydrogens (tertiary/aromatic N) is 3. The molecular weight excluding hydrogens is 513 g/mol. The normalized spacial score (nSPS) is 15.2. The van der Waals surface area contributed by atoms with E-state index in [0.717, 1.165) is 33.5 Å². The van der Waals surface area contributed by atoms with Crippen LogP contribution in [0.5, 0.6) is 0 Å². The van der Waals surface area contributed by atoms with Crippen LogP contribution in [0.2, 0.25) is 0 Å². The Labute approximate surface area is 220 Å². The second-order valence-electron chi connectivity index (χ2n) is 8.50. The fraction of sp³-hybridized carbons (Fsp3) is 0.0714. The lowest BCUT2D eigenvalue weighted by molar-refractivity contribution is -0.137. The summed E-state index contributed by atoms with van der Waals surface area (Å²) in [6, 6.07) is 20.9. The predicted octanol–water partition coefficient (Wildman–Crippen LogP) is 5.41. The Morgan fingerprint density at radius 3 is 2.50 bits per heavy atom. The number of rotatable bonds is 4. The average molecular weight is 531 g/mol. The molecular formula is C28H17F3N4O2S. The van der Waals surface area contributed by atoms with Crippen molar-refractivity contribution in [2.24, 2.45) is 0 Å². The molecule has 0 saturated carbocycles. The van der Waals surface area contributed by atoms with Crippen LogP contribution in [0.25, 0.3) is 17.0 Å². The zero-order valence-corrected chi connectivity index (χ0v) is 20.3. The van der Waals surface area contributed by atoms with Crippen molar-refractivity contribution in [1.29, 1.82) is 5.26 Å². The summed E-state index contributed by atoms with van der Waals surface area (Å²) in [7, 11) is 0.